The number of hydrogen-bond acceptors (Lipinski definition) is 3. The molecule has 2 N–H and O–H groups in total. The first kappa shape index (κ1) is 18.0. The van der Waals surface area contributed by atoms with Crippen molar-refractivity contribution in [1.82, 2.24) is 4.90 Å². The highest BCUT2D eigenvalue weighted by Crippen LogP contribution is 2.26. The van der Waals surface area contributed by atoms with Crippen molar-refractivity contribution in [3.05, 3.63) is 64.7 Å². The number of piperidine rings is 1. The number of benzene rings is 2. The summed E-state index contributed by atoms with van der Waals surface area (Å²) in [5.74, 6) is 0. The van der Waals surface area contributed by atoms with Crippen molar-refractivity contribution in [1.29, 1.82) is 0 Å². The zero-order chi connectivity index (χ0) is 17.8. The second-order valence-corrected chi connectivity index (χ2v) is 7.39. The van der Waals surface area contributed by atoms with E-state index in [1.54, 1.807) is 0 Å². The van der Waals surface area contributed by atoms with E-state index < -0.39 is 0 Å². The first-order valence-electron chi connectivity index (χ1n) is 9.35. The van der Waals surface area contributed by atoms with Gasteiger partial charge in [0.15, 0.2) is 0 Å². The van der Waals surface area contributed by atoms with Crippen LogP contribution in [-0.4, -0.2) is 29.2 Å². The van der Waals surface area contributed by atoms with Crippen LogP contribution in [0, 0.1) is 13.8 Å². The molecule has 1 saturated heterocycles. The molecule has 1 aliphatic rings. The molecule has 1 atom stereocenters. The lowest BCUT2D eigenvalue weighted by Crippen LogP contribution is -2.35. The summed E-state index contributed by atoms with van der Waals surface area (Å²) in [7, 11) is 0. The highest BCUT2D eigenvalue weighted by atomic mass is 16.3. The van der Waals surface area contributed by atoms with E-state index in [9.17, 15) is 5.11 Å². The van der Waals surface area contributed by atoms with Crippen LogP contribution in [0.1, 0.15) is 48.1 Å². The number of aliphatic hydroxyl groups is 1. The van der Waals surface area contributed by atoms with E-state index >= 15 is 0 Å². The summed E-state index contributed by atoms with van der Waals surface area (Å²) in [6.07, 6.45) is 1.65. The van der Waals surface area contributed by atoms with Crippen LogP contribution in [0.15, 0.2) is 42.5 Å². The Kier molecular flexibility index (Phi) is 5.77. The van der Waals surface area contributed by atoms with Gasteiger partial charge in [-0.15, -0.1) is 0 Å². The van der Waals surface area contributed by atoms with Gasteiger partial charge in [0.05, 0.1) is 6.10 Å². The number of nitrogens with one attached hydrogen (secondary N) is 1. The summed E-state index contributed by atoms with van der Waals surface area (Å²) in [6.45, 7) is 9.44. The third kappa shape index (κ3) is 4.62. The molecule has 1 heterocycles. The van der Waals surface area contributed by atoms with Crippen molar-refractivity contribution in [2.45, 2.75) is 52.3 Å². The first-order chi connectivity index (χ1) is 12.0. The number of likely N-dealkylation sites (tertiary alicyclic amines) is 1. The molecule has 2 aromatic rings. The first-order valence-corrected chi connectivity index (χ1v) is 9.35. The van der Waals surface area contributed by atoms with Crippen LogP contribution in [0.5, 0.6) is 0 Å². The summed E-state index contributed by atoms with van der Waals surface area (Å²) in [5.41, 5.74) is 6.53. The van der Waals surface area contributed by atoms with Gasteiger partial charge in [-0.1, -0.05) is 42.0 Å². The molecule has 2 aromatic carbocycles. The Labute approximate surface area is 151 Å². The van der Waals surface area contributed by atoms with Gasteiger partial charge in [0, 0.05) is 31.4 Å². The van der Waals surface area contributed by atoms with Crippen LogP contribution in [0.25, 0.3) is 0 Å². The Morgan fingerprint density at radius 1 is 1.12 bits per heavy atom. The lowest BCUT2D eigenvalue weighted by atomic mass is 9.99. The number of aliphatic hydroxyl groups excluding tert-OH is 1. The van der Waals surface area contributed by atoms with E-state index in [-0.39, 0.29) is 12.1 Å². The zero-order valence-corrected chi connectivity index (χ0v) is 15.6. The molecule has 1 unspecified atom stereocenters. The minimum Gasteiger partial charge on any atom is -0.393 e. The van der Waals surface area contributed by atoms with E-state index in [0.717, 1.165) is 32.5 Å². The number of anilines is 1. The largest absolute Gasteiger partial charge is 0.393 e. The van der Waals surface area contributed by atoms with Crippen molar-refractivity contribution >= 4 is 5.69 Å². The van der Waals surface area contributed by atoms with Crippen molar-refractivity contribution in [3.8, 4) is 0 Å². The van der Waals surface area contributed by atoms with Crippen molar-refractivity contribution < 1.29 is 5.11 Å². The van der Waals surface area contributed by atoms with E-state index in [1.165, 1.54) is 27.9 Å². The fourth-order valence-corrected chi connectivity index (χ4v) is 3.74. The molecule has 25 heavy (non-hydrogen) atoms. The average Bonchev–Trinajstić information content (AvgIpc) is 2.58. The van der Waals surface area contributed by atoms with Crippen molar-refractivity contribution in [2.24, 2.45) is 0 Å². The Hall–Kier alpha value is -1.84. The number of hydrogen-bond donors (Lipinski definition) is 2. The minimum atomic E-state index is -0.117. The number of nitrogens with zero attached hydrogens (tertiary/aromatic N) is 1. The van der Waals surface area contributed by atoms with Crippen LogP contribution in [-0.2, 0) is 6.54 Å². The number of rotatable bonds is 5. The van der Waals surface area contributed by atoms with Gasteiger partial charge < -0.3 is 10.4 Å². The fraction of sp³-hybridized carbons (Fsp3) is 0.455. The van der Waals surface area contributed by atoms with Gasteiger partial charge in [0.1, 0.15) is 0 Å². The maximum Gasteiger partial charge on any atom is 0.0564 e. The predicted molar refractivity (Wildman–Crippen MR) is 105 cm³/mol. The summed E-state index contributed by atoms with van der Waals surface area (Å²) in [5, 5.41) is 13.4. The van der Waals surface area contributed by atoms with Gasteiger partial charge in [-0.05, 0) is 56.4 Å². The molecule has 0 aromatic heterocycles. The SMILES string of the molecule is Cc1ccc(C(C)Nc2ccccc2CN2CCC(O)CC2)c(C)c1. The highest BCUT2D eigenvalue weighted by molar-refractivity contribution is 5.53. The van der Waals surface area contributed by atoms with Crippen molar-refractivity contribution in [2.75, 3.05) is 18.4 Å². The Morgan fingerprint density at radius 2 is 1.84 bits per heavy atom. The molecule has 3 nitrogen and oxygen atoms in total. The smallest absolute Gasteiger partial charge is 0.0564 e. The Morgan fingerprint density at radius 3 is 2.56 bits per heavy atom. The molecule has 0 spiro atoms. The lowest BCUT2D eigenvalue weighted by molar-refractivity contribution is 0.0793. The molecule has 0 aliphatic carbocycles. The topological polar surface area (TPSA) is 35.5 Å². The molecular formula is C22H30N2O. The molecule has 3 rings (SSSR count). The monoisotopic (exact) mass is 338 g/mol. The maximum absolute atomic E-state index is 9.70. The van der Waals surface area contributed by atoms with Crippen LogP contribution in [0.3, 0.4) is 0 Å². The van der Waals surface area contributed by atoms with Gasteiger partial charge in [-0.25, -0.2) is 0 Å². The molecular weight excluding hydrogens is 308 g/mol. The van der Waals surface area contributed by atoms with Crippen LogP contribution in [0.4, 0.5) is 5.69 Å². The van der Waals surface area contributed by atoms with Gasteiger partial charge in [-0.2, -0.15) is 0 Å². The molecule has 0 radical (unpaired) electrons. The summed E-state index contributed by atoms with van der Waals surface area (Å²) in [6, 6.07) is 15.5. The second kappa shape index (κ2) is 8.03. The molecule has 134 valence electrons. The highest BCUT2D eigenvalue weighted by Gasteiger charge is 2.18. The summed E-state index contributed by atoms with van der Waals surface area (Å²) in [4.78, 5) is 2.44. The fourth-order valence-electron chi connectivity index (χ4n) is 3.74. The normalized spacial score (nSPS) is 17.4. The van der Waals surface area contributed by atoms with Crippen LogP contribution >= 0.6 is 0 Å². The molecule has 3 heteroatoms. The molecule has 0 amide bonds. The second-order valence-electron chi connectivity index (χ2n) is 7.39. The average molecular weight is 338 g/mol. The van der Waals surface area contributed by atoms with Crippen LogP contribution < -0.4 is 5.32 Å². The Balaban J connectivity index is 1.72. The van der Waals surface area contributed by atoms with Gasteiger partial charge in [0.25, 0.3) is 0 Å². The van der Waals surface area contributed by atoms with Gasteiger partial charge in [-0.3, -0.25) is 4.90 Å². The molecule has 0 bridgehead atoms. The predicted octanol–water partition coefficient (Wildman–Crippen LogP) is 4.43. The van der Waals surface area contributed by atoms with Crippen LogP contribution in [0.2, 0.25) is 0 Å². The van der Waals surface area contributed by atoms with Crippen molar-refractivity contribution in [3.63, 3.8) is 0 Å². The van der Waals surface area contributed by atoms with E-state index in [1.807, 2.05) is 0 Å². The molecule has 0 saturated carbocycles. The van der Waals surface area contributed by atoms with Gasteiger partial charge >= 0.3 is 0 Å². The van der Waals surface area contributed by atoms with E-state index in [4.69, 9.17) is 0 Å². The zero-order valence-electron chi connectivity index (χ0n) is 15.6. The minimum absolute atomic E-state index is 0.117. The lowest BCUT2D eigenvalue weighted by Gasteiger charge is -2.30. The third-order valence-electron chi connectivity index (χ3n) is 5.23. The number of para-hydroxylation sites is 1. The number of aryl methyl sites for hydroxylation is 2. The standard InChI is InChI=1S/C22H30N2O/c1-16-8-9-21(17(2)14-16)18(3)23-22-7-5-4-6-19(22)15-24-12-10-20(25)11-13-24/h4-9,14,18,20,23,25H,10-13,15H2,1-3H3. The Bertz CT molecular complexity index is 705. The van der Waals surface area contributed by atoms with E-state index in [0.29, 0.717) is 0 Å². The summed E-state index contributed by atoms with van der Waals surface area (Å²) >= 11 is 0. The van der Waals surface area contributed by atoms with E-state index in [2.05, 4.69) is 73.5 Å². The third-order valence-corrected chi connectivity index (χ3v) is 5.23. The molecule has 1 fully saturated rings. The summed E-state index contributed by atoms with van der Waals surface area (Å²) < 4.78 is 0. The van der Waals surface area contributed by atoms with Gasteiger partial charge in [0.2, 0.25) is 0 Å². The maximum atomic E-state index is 9.70. The quantitative estimate of drug-likeness (QED) is 0.846. The molecule has 1 aliphatic heterocycles.